The molecule has 0 N–H and O–H groups in total. The first-order chi connectivity index (χ1) is 16.0. The lowest BCUT2D eigenvalue weighted by Crippen LogP contribution is -2.46. The standard InChI is InChI=1S/C23H24N10/c1-14-25-16(3)33(29-14)21-11-20(27-23(28-21)32-10-9-24-15(32)2)31-12-17(13-31)22-26-18-7-5-6-8-19(18)30(22)4/h5-11,17H,12-13H2,1-4H3. The van der Waals surface area contributed by atoms with Crippen molar-refractivity contribution in [2.24, 2.45) is 7.05 Å². The third-order valence-corrected chi connectivity index (χ3v) is 6.21. The first kappa shape index (κ1) is 19.6. The summed E-state index contributed by atoms with van der Waals surface area (Å²) in [5.41, 5.74) is 2.19. The molecule has 10 heteroatoms. The van der Waals surface area contributed by atoms with Crippen LogP contribution in [0.15, 0.2) is 42.7 Å². The maximum Gasteiger partial charge on any atom is 0.239 e. The predicted molar refractivity (Wildman–Crippen MR) is 124 cm³/mol. The van der Waals surface area contributed by atoms with Crippen LogP contribution in [0.4, 0.5) is 5.82 Å². The molecule has 5 aromatic rings. The zero-order valence-corrected chi connectivity index (χ0v) is 19.0. The molecule has 0 spiro atoms. The molecule has 0 bridgehead atoms. The lowest BCUT2D eigenvalue weighted by molar-refractivity contribution is 0.485. The monoisotopic (exact) mass is 440 g/mol. The summed E-state index contributed by atoms with van der Waals surface area (Å²) in [6.45, 7) is 7.42. The minimum Gasteiger partial charge on any atom is -0.355 e. The zero-order chi connectivity index (χ0) is 22.7. The summed E-state index contributed by atoms with van der Waals surface area (Å²) in [6.07, 6.45) is 3.62. The van der Waals surface area contributed by atoms with Crippen molar-refractivity contribution in [3.8, 4) is 11.8 Å². The molecule has 0 unspecified atom stereocenters. The summed E-state index contributed by atoms with van der Waals surface area (Å²) in [7, 11) is 2.09. The molecule has 0 saturated carbocycles. The zero-order valence-electron chi connectivity index (χ0n) is 19.0. The number of para-hydroxylation sites is 2. The molecule has 1 aliphatic rings. The highest BCUT2D eigenvalue weighted by molar-refractivity contribution is 5.76. The molecule has 33 heavy (non-hydrogen) atoms. The second-order valence-electron chi connectivity index (χ2n) is 8.47. The Morgan fingerprint density at radius 2 is 1.70 bits per heavy atom. The molecular weight excluding hydrogens is 416 g/mol. The number of anilines is 1. The fourth-order valence-corrected chi connectivity index (χ4v) is 4.47. The summed E-state index contributed by atoms with van der Waals surface area (Å²) in [6, 6.07) is 10.2. The lowest BCUT2D eigenvalue weighted by Gasteiger charge is -2.39. The smallest absolute Gasteiger partial charge is 0.239 e. The van der Waals surface area contributed by atoms with Crippen molar-refractivity contribution in [3.63, 3.8) is 0 Å². The van der Waals surface area contributed by atoms with Crippen LogP contribution in [-0.2, 0) is 7.05 Å². The van der Waals surface area contributed by atoms with Crippen molar-refractivity contribution in [3.05, 3.63) is 66.0 Å². The number of aromatic nitrogens is 9. The SMILES string of the molecule is Cc1nc(C)n(-c2cc(N3CC(c4nc5ccccc5n4C)C3)nc(-n3ccnc3C)n2)n1. The number of aryl methyl sites for hydroxylation is 4. The van der Waals surface area contributed by atoms with E-state index >= 15 is 0 Å². The van der Waals surface area contributed by atoms with Gasteiger partial charge in [0.2, 0.25) is 5.95 Å². The van der Waals surface area contributed by atoms with Crippen molar-refractivity contribution in [1.29, 1.82) is 0 Å². The van der Waals surface area contributed by atoms with E-state index in [-0.39, 0.29) is 0 Å². The van der Waals surface area contributed by atoms with Crippen LogP contribution >= 0.6 is 0 Å². The fourth-order valence-electron chi connectivity index (χ4n) is 4.47. The Labute approximate surface area is 190 Å². The van der Waals surface area contributed by atoms with E-state index in [1.807, 2.05) is 43.7 Å². The largest absolute Gasteiger partial charge is 0.355 e. The highest BCUT2D eigenvalue weighted by atomic mass is 15.4. The van der Waals surface area contributed by atoms with E-state index in [0.717, 1.165) is 47.4 Å². The summed E-state index contributed by atoms with van der Waals surface area (Å²) >= 11 is 0. The van der Waals surface area contributed by atoms with E-state index in [1.165, 1.54) is 0 Å². The van der Waals surface area contributed by atoms with Crippen molar-refractivity contribution in [2.75, 3.05) is 18.0 Å². The average molecular weight is 441 g/mol. The number of nitrogens with zero attached hydrogens (tertiary/aromatic N) is 10. The maximum atomic E-state index is 4.88. The first-order valence-corrected chi connectivity index (χ1v) is 10.9. The third-order valence-electron chi connectivity index (χ3n) is 6.21. The van der Waals surface area contributed by atoms with Gasteiger partial charge >= 0.3 is 0 Å². The van der Waals surface area contributed by atoms with E-state index in [2.05, 4.69) is 49.8 Å². The van der Waals surface area contributed by atoms with Crippen molar-refractivity contribution in [1.82, 2.24) is 43.8 Å². The highest BCUT2D eigenvalue weighted by Gasteiger charge is 2.33. The van der Waals surface area contributed by atoms with Crippen molar-refractivity contribution < 1.29 is 0 Å². The van der Waals surface area contributed by atoms with Gasteiger partial charge in [0, 0.05) is 38.6 Å². The molecule has 1 saturated heterocycles. The molecule has 166 valence electrons. The van der Waals surface area contributed by atoms with E-state index in [4.69, 9.17) is 15.0 Å². The molecule has 0 atom stereocenters. The summed E-state index contributed by atoms with van der Waals surface area (Å²) in [5.74, 6) is 5.87. The van der Waals surface area contributed by atoms with Crippen LogP contribution in [-0.4, -0.2) is 56.9 Å². The van der Waals surface area contributed by atoms with Gasteiger partial charge in [0.05, 0.1) is 17.0 Å². The van der Waals surface area contributed by atoms with E-state index < -0.39 is 0 Å². The molecule has 1 aliphatic heterocycles. The first-order valence-electron chi connectivity index (χ1n) is 10.9. The number of hydrogen-bond donors (Lipinski definition) is 0. The van der Waals surface area contributed by atoms with Crippen LogP contribution in [0, 0.1) is 20.8 Å². The molecule has 4 aromatic heterocycles. The van der Waals surface area contributed by atoms with Crippen LogP contribution < -0.4 is 4.90 Å². The predicted octanol–water partition coefficient (Wildman–Crippen LogP) is 2.66. The van der Waals surface area contributed by atoms with Gasteiger partial charge in [-0.3, -0.25) is 4.57 Å². The third kappa shape index (κ3) is 3.17. The Hall–Kier alpha value is -4.08. The Bertz CT molecular complexity index is 1480. The molecule has 0 radical (unpaired) electrons. The van der Waals surface area contributed by atoms with Crippen LogP contribution in [0.2, 0.25) is 0 Å². The Morgan fingerprint density at radius 1 is 0.909 bits per heavy atom. The Morgan fingerprint density at radius 3 is 2.39 bits per heavy atom. The van der Waals surface area contributed by atoms with Gasteiger partial charge in [0.15, 0.2) is 5.82 Å². The number of hydrogen-bond acceptors (Lipinski definition) is 7. The quantitative estimate of drug-likeness (QED) is 0.424. The maximum absolute atomic E-state index is 4.88. The van der Waals surface area contributed by atoms with Crippen molar-refractivity contribution >= 4 is 16.9 Å². The average Bonchev–Trinajstić information content (AvgIpc) is 3.44. The van der Waals surface area contributed by atoms with Gasteiger partial charge in [-0.2, -0.15) is 14.6 Å². The molecule has 5 heterocycles. The summed E-state index contributed by atoms with van der Waals surface area (Å²) in [4.78, 5) is 25.5. The van der Waals surface area contributed by atoms with Gasteiger partial charge in [-0.25, -0.2) is 15.0 Å². The van der Waals surface area contributed by atoms with Crippen LogP contribution in [0.5, 0.6) is 0 Å². The van der Waals surface area contributed by atoms with Crippen LogP contribution in [0.25, 0.3) is 22.8 Å². The number of imidazole rings is 2. The van der Waals surface area contributed by atoms with E-state index in [0.29, 0.717) is 23.5 Å². The van der Waals surface area contributed by atoms with Gasteiger partial charge in [0.25, 0.3) is 0 Å². The van der Waals surface area contributed by atoms with Gasteiger partial charge in [-0.05, 0) is 32.9 Å². The Kier molecular flexibility index (Phi) is 4.29. The second kappa shape index (κ2) is 7.22. The molecule has 1 fully saturated rings. The van der Waals surface area contributed by atoms with Crippen molar-refractivity contribution in [2.45, 2.75) is 26.7 Å². The normalized spacial score (nSPS) is 14.2. The number of rotatable bonds is 4. The molecule has 10 nitrogen and oxygen atoms in total. The minimum absolute atomic E-state index is 0.342. The minimum atomic E-state index is 0.342. The van der Waals surface area contributed by atoms with E-state index in [9.17, 15) is 0 Å². The molecule has 6 rings (SSSR count). The molecule has 0 aliphatic carbocycles. The molecular formula is C23H24N10. The highest BCUT2D eigenvalue weighted by Crippen LogP contribution is 2.32. The van der Waals surface area contributed by atoms with Crippen LogP contribution in [0.1, 0.15) is 29.2 Å². The molecule has 1 aromatic carbocycles. The molecule has 0 amide bonds. The lowest BCUT2D eigenvalue weighted by atomic mass is 9.99. The van der Waals surface area contributed by atoms with Gasteiger partial charge in [-0.15, -0.1) is 5.10 Å². The second-order valence-corrected chi connectivity index (χ2v) is 8.47. The number of benzene rings is 1. The van der Waals surface area contributed by atoms with Crippen LogP contribution in [0.3, 0.4) is 0 Å². The summed E-state index contributed by atoms with van der Waals surface area (Å²) in [5, 5.41) is 4.53. The van der Waals surface area contributed by atoms with Gasteiger partial charge < -0.3 is 9.47 Å². The topological polar surface area (TPSA) is 95.4 Å². The summed E-state index contributed by atoms with van der Waals surface area (Å²) < 4.78 is 5.85. The number of fused-ring (bicyclic) bond motifs is 1. The van der Waals surface area contributed by atoms with E-state index in [1.54, 1.807) is 10.9 Å². The van der Waals surface area contributed by atoms with Gasteiger partial charge in [-0.1, -0.05) is 12.1 Å². The Balaban J connectivity index is 1.36. The van der Waals surface area contributed by atoms with Gasteiger partial charge in [0.1, 0.15) is 29.1 Å². The fraction of sp³-hybridized carbons (Fsp3) is 0.304.